The number of fused-ring (bicyclic) bond motifs is 1. The molecule has 0 N–H and O–H groups in total. The Labute approximate surface area is 188 Å². The van der Waals surface area contributed by atoms with Gasteiger partial charge in [0, 0.05) is 31.1 Å². The van der Waals surface area contributed by atoms with Crippen molar-refractivity contribution in [1.29, 1.82) is 0 Å². The molecule has 31 heavy (non-hydrogen) atoms. The maximum absolute atomic E-state index is 13.4. The van der Waals surface area contributed by atoms with E-state index in [0.717, 1.165) is 6.54 Å². The highest BCUT2D eigenvalue weighted by molar-refractivity contribution is 7.99. The average molecular weight is 444 g/mol. The number of hydrogen-bond acceptors (Lipinski definition) is 7. The molecule has 0 amide bonds. The van der Waals surface area contributed by atoms with E-state index in [1.165, 1.54) is 11.8 Å². The van der Waals surface area contributed by atoms with Crippen molar-refractivity contribution in [2.24, 2.45) is 0 Å². The van der Waals surface area contributed by atoms with Crippen LogP contribution in [0.3, 0.4) is 0 Å². The highest BCUT2D eigenvalue weighted by atomic mass is 32.2. The molecule has 0 aliphatic heterocycles. The van der Waals surface area contributed by atoms with Crippen molar-refractivity contribution < 1.29 is 4.52 Å². The Hall–Kier alpha value is -2.19. The van der Waals surface area contributed by atoms with Gasteiger partial charge in [-0.1, -0.05) is 42.9 Å². The van der Waals surface area contributed by atoms with E-state index in [0.29, 0.717) is 46.4 Å². The number of rotatable bonds is 9. The molecule has 0 saturated heterocycles. The zero-order chi connectivity index (χ0) is 22.7. The van der Waals surface area contributed by atoms with Crippen molar-refractivity contribution in [3.05, 3.63) is 46.3 Å². The van der Waals surface area contributed by atoms with E-state index in [9.17, 15) is 4.79 Å². The summed E-state index contributed by atoms with van der Waals surface area (Å²) in [5, 5.41) is 5.26. The largest absolute Gasteiger partial charge is 0.338 e. The quantitative estimate of drug-likeness (QED) is 0.345. The average Bonchev–Trinajstić information content (AvgIpc) is 3.20. The number of benzene rings is 1. The second-order valence-corrected chi connectivity index (χ2v) is 10.0. The first-order valence-electron chi connectivity index (χ1n) is 10.9. The number of thioether (sulfide) groups is 1. The molecule has 0 fully saturated rings. The fourth-order valence-electron chi connectivity index (χ4n) is 3.62. The van der Waals surface area contributed by atoms with E-state index < -0.39 is 0 Å². The molecule has 1 unspecified atom stereocenters. The molecule has 1 aromatic carbocycles. The highest BCUT2D eigenvalue weighted by Crippen LogP contribution is 2.33. The van der Waals surface area contributed by atoms with Gasteiger partial charge in [0.25, 0.3) is 5.56 Å². The van der Waals surface area contributed by atoms with Crippen molar-refractivity contribution in [3.8, 4) is 0 Å². The summed E-state index contributed by atoms with van der Waals surface area (Å²) in [5.74, 6) is 1.44. The van der Waals surface area contributed by atoms with Gasteiger partial charge < -0.3 is 4.52 Å². The highest BCUT2D eigenvalue weighted by Gasteiger charge is 2.22. The molecule has 3 rings (SSSR count). The van der Waals surface area contributed by atoms with Crippen LogP contribution >= 0.6 is 11.8 Å². The van der Waals surface area contributed by atoms with Gasteiger partial charge in [0.1, 0.15) is 0 Å². The Bertz CT molecular complexity index is 1070. The molecule has 1 atom stereocenters. The lowest BCUT2D eigenvalue weighted by molar-refractivity contribution is 0.166. The van der Waals surface area contributed by atoms with Crippen LogP contribution < -0.4 is 5.56 Å². The van der Waals surface area contributed by atoms with Crippen LogP contribution in [0.4, 0.5) is 0 Å². The molecule has 0 aliphatic carbocycles. The van der Waals surface area contributed by atoms with Gasteiger partial charge in [-0.2, -0.15) is 4.98 Å². The molecule has 0 radical (unpaired) electrons. The SMILES string of the molecule is CC(C)c1noc(C(C)Sc2nc3ccccc3c(=O)n2CCN(C(C)C)C(C)C)n1. The first kappa shape index (κ1) is 23.5. The minimum absolute atomic E-state index is 0.0128. The number of aromatic nitrogens is 4. The predicted molar refractivity (Wildman–Crippen MR) is 126 cm³/mol. The molecule has 2 heterocycles. The van der Waals surface area contributed by atoms with Crippen LogP contribution in [0.15, 0.2) is 38.7 Å². The topological polar surface area (TPSA) is 77.0 Å². The summed E-state index contributed by atoms with van der Waals surface area (Å²) in [5.41, 5.74) is 0.692. The lowest BCUT2D eigenvalue weighted by Crippen LogP contribution is -2.40. The van der Waals surface area contributed by atoms with Crippen LogP contribution in [0.2, 0.25) is 0 Å². The zero-order valence-corrected chi connectivity index (χ0v) is 20.3. The van der Waals surface area contributed by atoms with Gasteiger partial charge in [-0.25, -0.2) is 4.98 Å². The fourth-order valence-corrected chi connectivity index (χ4v) is 4.58. The van der Waals surface area contributed by atoms with Gasteiger partial charge in [0.05, 0.1) is 16.2 Å². The van der Waals surface area contributed by atoms with Crippen molar-refractivity contribution in [3.63, 3.8) is 0 Å². The number of hydrogen-bond donors (Lipinski definition) is 0. The summed E-state index contributed by atoms with van der Waals surface area (Å²) >= 11 is 1.48. The van der Waals surface area contributed by atoms with Crippen molar-refractivity contribution >= 4 is 22.7 Å². The minimum Gasteiger partial charge on any atom is -0.338 e. The van der Waals surface area contributed by atoms with Crippen molar-refractivity contribution in [2.75, 3.05) is 6.54 Å². The Morgan fingerprint density at radius 2 is 1.71 bits per heavy atom. The normalized spacial score (nSPS) is 13.3. The Balaban J connectivity index is 1.96. The van der Waals surface area contributed by atoms with Gasteiger partial charge in [0.15, 0.2) is 11.0 Å². The summed E-state index contributed by atoms with van der Waals surface area (Å²) in [7, 11) is 0. The smallest absolute Gasteiger partial charge is 0.262 e. The minimum atomic E-state index is -0.120. The number of nitrogens with zero attached hydrogens (tertiary/aromatic N) is 5. The second kappa shape index (κ2) is 9.96. The fraction of sp³-hybridized carbons (Fsp3) is 0.565. The summed E-state index contributed by atoms with van der Waals surface area (Å²) in [6.45, 7) is 16.1. The molecule has 0 saturated carbocycles. The molecule has 0 spiro atoms. The van der Waals surface area contributed by atoms with E-state index in [2.05, 4.69) is 42.7 Å². The van der Waals surface area contributed by atoms with Gasteiger partial charge in [-0.3, -0.25) is 14.3 Å². The maximum Gasteiger partial charge on any atom is 0.262 e. The number of para-hydroxylation sites is 1. The molecular weight excluding hydrogens is 410 g/mol. The summed E-state index contributed by atoms with van der Waals surface area (Å²) < 4.78 is 7.27. The van der Waals surface area contributed by atoms with Gasteiger partial charge in [0.2, 0.25) is 5.89 Å². The van der Waals surface area contributed by atoms with Crippen LogP contribution in [0.5, 0.6) is 0 Å². The first-order valence-corrected chi connectivity index (χ1v) is 11.8. The third kappa shape index (κ3) is 5.36. The van der Waals surface area contributed by atoms with Crippen molar-refractivity contribution in [2.45, 2.75) is 83.4 Å². The van der Waals surface area contributed by atoms with Crippen LogP contribution in [0, 0.1) is 0 Å². The monoisotopic (exact) mass is 443 g/mol. The standard InChI is InChI=1S/C23H33N5O2S/c1-14(2)20-25-21(30-26-20)17(7)31-23-24-19-11-9-8-10-18(19)22(29)28(23)13-12-27(15(3)4)16(5)6/h8-11,14-17H,12-13H2,1-7H3. The molecular formula is C23H33N5O2S. The maximum atomic E-state index is 13.4. The van der Waals surface area contributed by atoms with E-state index in [-0.39, 0.29) is 16.7 Å². The molecule has 2 aromatic heterocycles. The predicted octanol–water partition coefficient (Wildman–Crippen LogP) is 4.88. The molecule has 0 bridgehead atoms. The van der Waals surface area contributed by atoms with Crippen LogP contribution in [0.1, 0.15) is 71.3 Å². The summed E-state index contributed by atoms with van der Waals surface area (Å²) in [6.07, 6.45) is 0. The third-order valence-corrected chi connectivity index (χ3v) is 6.42. The lowest BCUT2D eigenvalue weighted by atomic mass is 10.2. The van der Waals surface area contributed by atoms with Crippen LogP contribution in [-0.4, -0.2) is 43.2 Å². The van der Waals surface area contributed by atoms with Crippen LogP contribution in [0.25, 0.3) is 10.9 Å². The second-order valence-electron chi connectivity index (χ2n) is 8.70. The van der Waals surface area contributed by atoms with Gasteiger partial charge in [-0.15, -0.1) is 0 Å². The van der Waals surface area contributed by atoms with E-state index in [4.69, 9.17) is 9.51 Å². The summed E-state index contributed by atoms with van der Waals surface area (Å²) in [4.78, 5) is 25.1. The molecule has 0 aliphatic rings. The van der Waals surface area contributed by atoms with E-state index in [1.807, 2.05) is 45.0 Å². The third-order valence-electron chi connectivity index (χ3n) is 5.34. The van der Waals surface area contributed by atoms with Gasteiger partial charge in [-0.05, 0) is 46.8 Å². The summed E-state index contributed by atoms with van der Waals surface area (Å²) in [6, 6.07) is 8.30. The first-order chi connectivity index (χ1) is 14.7. The van der Waals surface area contributed by atoms with Crippen molar-refractivity contribution in [1.82, 2.24) is 24.6 Å². The van der Waals surface area contributed by atoms with Crippen LogP contribution in [-0.2, 0) is 6.54 Å². The molecule has 168 valence electrons. The van der Waals surface area contributed by atoms with E-state index in [1.54, 1.807) is 4.57 Å². The zero-order valence-electron chi connectivity index (χ0n) is 19.5. The van der Waals surface area contributed by atoms with E-state index >= 15 is 0 Å². The molecule has 3 aromatic rings. The molecule has 7 nitrogen and oxygen atoms in total. The Morgan fingerprint density at radius 3 is 2.32 bits per heavy atom. The lowest BCUT2D eigenvalue weighted by Gasteiger charge is -2.31. The van der Waals surface area contributed by atoms with Gasteiger partial charge >= 0.3 is 0 Å². The Morgan fingerprint density at radius 1 is 1.03 bits per heavy atom. The molecule has 8 heteroatoms. The Kier molecular flexibility index (Phi) is 7.54.